The zero-order valence-corrected chi connectivity index (χ0v) is 11.6. The van der Waals surface area contributed by atoms with E-state index in [0.29, 0.717) is 21.7 Å². The van der Waals surface area contributed by atoms with Gasteiger partial charge in [0.15, 0.2) is 0 Å². The molecule has 1 aromatic rings. The van der Waals surface area contributed by atoms with Crippen molar-refractivity contribution in [3.8, 4) is 0 Å². The summed E-state index contributed by atoms with van der Waals surface area (Å²) in [4.78, 5) is 0. The predicted molar refractivity (Wildman–Crippen MR) is 77.3 cm³/mol. The van der Waals surface area contributed by atoms with E-state index in [1.165, 1.54) is 0 Å². The Morgan fingerprint density at radius 1 is 1.28 bits per heavy atom. The average Bonchev–Trinajstić information content (AvgIpc) is 2.27. The maximum atomic E-state index is 9.63. The lowest BCUT2D eigenvalue weighted by molar-refractivity contribution is 0.105. The highest BCUT2D eigenvalue weighted by atomic mass is 35.5. The fourth-order valence-corrected chi connectivity index (χ4v) is 3.09. The maximum Gasteiger partial charge on any atom is 0.0720 e. The number of nitrogens with one attached hydrogen (secondary N) is 1. The van der Waals surface area contributed by atoms with E-state index in [4.69, 9.17) is 28.9 Å². The predicted octanol–water partition coefficient (Wildman–Crippen LogP) is 3.54. The summed E-state index contributed by atoms with van der Waals surface area (Å²) in [6.45, 7) is 0.778. The van der Waals surface area contributed by atoms with Crippen molar-refractivity contribution >= 4 is 34.6 Å². The molecule has 0 amide bonds. The van der Waals surface area contributed by atoms with Gasteiger partial charge in [-0.05, 0) is 37.3 Å². The minimum absolute atomic E-state index is 0.164. The van der Waals surface area contributed by atoms with Crippen molar-refractivity contribution in [1.82, 2.24) is 0 Å². The second kappa shape index (κ2) is 6.00. The molecule has 5 heteroatoms. The molecule has 100 valence electrons. The van der Waals surface area contributed by atoms with E-state index in [1.807, 2.05) is 0 Å². The van der Waals surface area contributed by atoms with Gasteiger partial charge in [-0.2, -0.15) is 0 Å². The lowest BCUT2D eigenvalue weighted by atomic mass is 9.87. The van der Waals surface area contributed by atoms with Crippen molar-refractivity contribution in [2.75, 3.05) is 17.6 Å². The molecule has 3 nitrogen and oxygen atoms in total. The zero-order chi connectivity index (χ0) is 13.1. The molecule has 18 heavy (non-hydrogen) atoms. The molecule has 1 aliphatic carbocycles. The van der Waals surface area contributed by atoms with Crippen LogP contribution < -0.4 is 11.1 Å². The first kappa shape index (κ1) is 13.8. The molecule has 4 N–H and O–H groups in total. The van der Waals surface area contributed by atoms with Gasteiger partial charge in [-0.15, -0.1) is 0 Å². The number of nitrogens with two attached hydrogens (primary N) is 1. The molecule has 2 rings (SSSR count). The first-order valence-electron chi connectivity index (χ1n) is 6.22. The maximum absolute atomic E-state index is 9.63. The van der Waals surface area contributed by atoms with Crippen molar-refractivity contribution in [3.63, 3.8) is 0 Å². The minimum Gasteiger partial charge on any atom is -0.399 e. The van der Waals surface area contributed by atoms with Gasteiger partial charge in [-0.1, -0.05) is 29.6 Å². The highest BCUT2D eigenvalue weighted by molar-refractivity contribution is 6.39. The monoisotopic (exact) mass is 288 g/mol. The lowest BCUT2D eigenvalue weighted by Gasteiger charge is -2.26. The second-order valence-corrected chi connectivity index (χ2v) is 5.74. The third-order valence-corrected chi connectivity index (χ3v) is 3.98. The SMILES string of the molecule is Nc1cc(Cl)c(NCC2CCCC(O)C2)c(Cl)c1. The van der Waals surface area contributed by atoms with Gasteiger partial charge in [0, 0.05) is 12.2 Å². The number of nitrogen functional groups attached to an aromatic ring is 1. The summed E-state index contributed by atoms with van der Waals surface area (Å²) in [5.74, 6) is 0.471. The molecule has 1 aliphatic rings. The Morgan fingerprint density at radius 3 is 2.56 bits per heavy atom. The van der Waals surface area contributed by atoms with Crippen molar-refractivity contribution in [2.24, 2.45) is 5.92 Å². The van der Waals surface area contributed by atoms with Gasteiger partial charge in [0.2, 0.25) is 0 Å². The largest absolute Gasteiger partial charge is 0.399 e. The van der Waals surface area contributed by atoms with Crippen LogP contribution in [-0.2, 0) is 0 Å². The number of hydrogen-bond acceptors (Lipinski definition) is 3. The van der Waals surface area contributed by atoms with E-state index in [0.717, 1.165) is 37.9 Å². The Balaban J connectivity index is 1.97. The molecule has 0 saturated heterocycles. The number of halogens is 2. The van der Waals surface area contributed by atoms with Crippen LogP contribution in [0.5, 0.6) is 0 Å². The molecule has 0 spiro atoms. The van der Waals surface area contributed by atoms with Crippen molar-refractivity contribution in [2.45, 2.75) is 31.8 Å². The van der Waals surface area contributed by atoms with Gasteiger partial charge in [0.1, 0.15) is 0 Å². The van der Waals surface area contributed by atoms with Crippen LogP contribution >= 0.6 is 23.2 Å². The van der Waals surface area contributed by atoms with E-state index in [9.17, 15) is 5.11 Å². The molecule has 1 aromatic carbocycles. The molecular weight excluding hydrogens is 271 g/mol. The molecule has 0 aliphatic heterocycles. The average molecular weight is 289 g/mol. The molecule has 1 saturated carbocycles. The third kappa shape index (κ3) is 3.44. The summed E-state index contributed by atoms with van der Waals surface area (Å²) >= 11 is 12.2. The number of benzene rings is 1. The summed E-state index contributed by atoms with van der Waals surface area (Å²) in [6, 6.07) is 3.37. The van der Waals surface area contributed by atoms with Crippen molar-refractivity contribution in [1.29, 1.82) is 0 Å². The number of aliphatic hydroxyl groups is 1. The van der Waals surface area contributed by atoms with Crippen molar-refractivity contribution < 1.29 is 5.11 Å². The fraction of sp³-hybridized carbons (Fsp3) is 0.538. The van der Waals surface area contributed by atoms with Crippen LogP contribution in [0.3, 0.4) is 0 Å². The molecule has 0 aromatic heterocycles. The molecule has 0 radical (unpaired) electrons. The number of rotatable bonds is 3. The molecule has 0 bridgehead atoms. The van der Waals surface area contributed by atoms with Gasteiger partial charge >= 0.3 is 0 Å². The number of hydrogen-bond donors (Lipinski definition) is 3. The van der Waals surface area contributed by atoms with E-state index >= 15 is 0 Å². The summed E-state index contributed by atoms with van der Waals surface area (Å²) in [5, 5.41) is 14.0. The highest BCUT2D eigenvalue weighted by Crippen LogP contribution is 2.33. The molecule has 2 unspecified atom stereocenters. The third-order valence-electron chi connectivity index (χ3n) is 3.39. The molecule has 1 fully saturated rings. The minimum atomic E-state index is -0.164. The highest BCUT2D eigenvalue weighted by Gasteiger charge is 2.20. The Hall–Kier alpha value is -0.640. The first-order chi connectivity index (χ1) is 8.56. The Kier molecular flexibility index (Phi) is 4.60. The van der Waals surface area contributed by atoms with Crippen LogP contribution in [0.2, 0.25) is 10.0 Å². The van der Waals surface area contributed by atoms with Gasteiger partial charge in [-0.25, -0.2) is 0 Å². The van der Waals surface area contributed by atoms with Crippen LogP contribution in [0, 0.1) is 5.92 Å². The van der Waals surface area contributed by atoms with Gasteiger partial charge in [0.25, 0.3) is 0 Å². The van der Waals surface area contributed by atoms with Crippen LogP contribution in [-0.4, -0.2) is 17.8 Å². The second-order valence-electron chi connectivity index (χ2n) is 4.93. The summed E-state index contributed by atoms with van der Waals surface area (Å²) in [7, 11) is 0. The van der Waals surface area contributed by atoms with Gasteiger partial charge < -0.3 is 16.2 Å². The topological polar surface area (TPSA) is 58.3 Å². The first-order valence-corrected chi connectivity index (χ1v) is 6.98. The summed E-state index contributed by atoms with van der Waals surface area (Å²) in [5.41, 5.74) is 6.94. The van der Waals surface area contributed by atoms with E-state index in [-0.39, 0.29) is 6.10 Å². The Labute approximate surface area is 117 Å². The van der Waals surface area contributed by atoms with E-state index in [1.54, 1.807) is 12.1 Å². The molecular formula is C13H18Cl2N2O. The molecule has 0 heterocycles. The quantitative estimate of drug-likeness (QED) is 0.746. The van der Waals surface area contributed by atoms with Crippen LogP contribution in [0.1, 0.15) is 25.7 Å². The van der Waals surface area contributed by atoms with E-state index < -0.39 is 0 Å². The van der Waals surface area contributed by atoms with Crippen LogP contribution in [0.15, 0.2) is 12.1 Å². The van der Waals surface area contributed by atoms with Gasteiger partial charge in [-0.3, -0.25) is 0 Å². The summed E-state index contributed by atoms with van der Waals surface area (Å²) in [6.07, 6.45) is 3.81. The molecule has 2 atom stereocenters. The van der Waals surface area contributed by atoms with Crippen LogP contribution in [0.4, 0.5) is 11.4 Å². The Morgan fingerprint density at radius 2 is 1.94 bits per heavy atom. The zero-order valence-electron chi connectivity index (χ0n) is 10.1. The Bertz CT molecular complexity index is 402. The summed E-state index contributed by atoms with van der Waals surface area (Å²) < 4.78 is 0. The van der Waals surface area contributed by atoms with Crippen LogP contribution in [0.25, 0.3) is 0 Å². The standard InChI is InChI=1S/C13H18Cl2N2O/c14-11-5-9(16)6-12(15)13(11)17-7-8-2-1-3-10(18)4-8/h5-6,8,10,17-18H,1-4,7,16H2. The van der Waals surface area contributed by atoms with E-state index in [2.05, 4.69) is 5.32 Å². The van der Waals surface area contributed by atoms with Crippen molar-refractivity contribution in [3.05, 3.63) is 22.2 Å². The normalized spacial score (nSPS) is 23.9. The fourth-order valence-electron chi connectivity index (χ4n) is 2.46. The van der Waals surface area contributed by atoms with Gasteiger partial charge in [0.05, 0.1) is 21.8 Å². The lowest BCUT2D eigenvalue weighted by Crippen LogP contribution is -2.25. The number of aliphatic hydroxyl groups excluding tert-OH is 1. The number of anilines is 2. The smallest absolute Gasteiger partial charge is 0.0720 e.